The lowest BCUT2D eigenvalue weighted by Gasteiger charge is -2.29. The Labute approximate surface area is 132 Å². The number of hydrogen-bond donors (Lipinski definition) is 2. The molecule has 2 N–H and O–H groups in total. The zero-order chi connectivity index (χ0) is 15.9. The van der Waals surface area contributed by atoms with Gasteiger partial charge in [-0.2, -0.15) is 0 Å². The van der Waals surface area contributed by atoms with Gasteiger partial charge >= 0.3 is 6.03 Å². The van der Waals surface area contributed by atoms with Crippen LogP contribution in [0.25, 0.3) is 0 Å². The van der Waals surface area contributed by atoms with Gasteiger partial charge in [0.05, 0.1) is 0 Å². The second kappa shape index (κ2) is 7.87. The molecule has 0 bridgehead atoms. The van der Waals surface area contributed by atoms with Crippen LogP contribution in [0.2, 0.25) is 0 Å². The molecule has 2 amide bonds. The van der Waals surface area contributed by atoms with Gasteiger partial charge in [0.25, 0.3) is 0 Å². The van der Waals surface area contributed by atoms with Crippen molar-refractivity contribution < 1.29 is 9.53 Å². The highest BCUT2D eigenvalue weighted by atomic mass is 16.5. The number of anilines is 1. The molecule has 4 nitrogen and oxygen atoms in total. The van der Waals surface area contributed by atoms with E-state index in [9.17, 15) is 4.79 Å². The third kappa shape index (κ3) is 5.10. The Hall–Kier alpha value is -1.97. The molecule has 2 atom stereocenters. The lowest BCUT2D eigenvalue weighted by Crippen LogP contribution is -2.43. The monoisotopic (exact) mass is 302 g/mol. The molecule has 2 rings (SSSR count). The Morgan fingerprint density at radius 3 is 2.86 bits per heavy atom. The van der Waals surface area contributed by atoms with Crippen molar-refractivity contribution in [2.75, 3.05) is 11.9 Å². The van der Waals surface area contributed by atoms with Crippen molar-refractivity contribution in [2.45, 2.75) is 45.6 Å². The molecule has 1 fully saturated rings. The Morgan fingerprint density at radius 1 is 1.36 bits per heavy atom. The third-order valence-electron chi connectivity index (χ3n) is 4.01. The fraction of sp³-hybridized carbons (Fsp3) is 0.500. The Morgan fingerprint density at radius 2 is 2.14 bits per heavy atom. The minimum absolute atomic E-state index is 0.143. The van der Waals surface area contributed by atoms with E-state index in [-0.39, 0.29) is 12.1 Å². The predicted octanol–water partition coefficient (Wildman–Crippen LogP) is 4.34. The highest BCUT2D eigenvalue weighted by Crippen LogP contribution is 2.24. The summed E-state index contributed by atoms with van der Waals surface area (Å²) in [7, 11) is 0. The fourth-order valence-electron chi connectivity index (χ4n) is 2.74. The molecule has 1 aromatic carbocycles. The molecule has 4 heteroatoms. The van der Waals surface area contributed by atoms with E-state index in [0.717, 1.165) is 23.4 Å². The first kappa shape index (κ1) is 16.4. The lowest BCUT2D eigenvalue weighted by molar-refractivity contribution is 0.232. The lowest BCUT2D eigenvalue weighted by atomic mass is 9.86. The normalized spacial score (nSPS) is 21.0. The largest absolute Gasteiger partial charge is 0.489 e. The van der Waals surface area contributed by atoms with Crippen molar-refractivity contribution in [1.29, 1.82) is 0 Å². The van der Waals surface area contributed by atoms with Crippen molar-refractivity contribution in [3.05, 3.63) is 36.4 Å². The zero-order valence-electron chi connectivity index (χ0n) is 13.5. The maximum Gasteiger partial charge on any atom is 0.319 e. The first-order valence-corrected chi connectivity index (χ1v) is 7.99. The minimum atomic E-state index is -0.143. The van der Waals surface area contributed by atoms with E-state index < -0.39 is 0 Å². The summed E-state index contributed by atoms with van der Waals surface area (Å²) in [6, 6.07) is 7.55. The Kier molecular flexibility index (Phi) is 5.87. The van der Waals surface area contributed by atoms with Crippen LogP contribution in [0.1, 0.15) is 39.5 Å². The second-order valence-corrected chi connectivity index (χ2v) is 6.24. The van der Waals surface area contributed by atoms with E-state index in [1.54, 1.807) is 0 Å². The summed E-state index contributed by atoms with van der Waals surface area (Å²) in [6.07, 6.45) is 4.72. The molecular weight excluding hydrogens is 276 g/mol. The summed E-state index contributed by atoms with van der Waals surface area (Å²) in [4.78, 5) is 12.1. The van der Waals surface area contributed by atoms with E-state index in [4.69, 9.17) is 4.74 Å². The summed E-state index contributed by atoms with van der Waals surface area (Å²) >= 11 is 0. The highest BCUT2D eigenvalue weighted by molar-refractivity contribution is 5.89. The molecule has 0 saturated heterocycles. The number of urea groups is 1. The van der Waals surface area contributed by atoms with Crippen LogP contribution in [0.5, 0.6) is 5.75 Å². The first-order valence-electron chi connectivity index (χ1n) is 7.99. The summed E-state index contributed by atoms with van der Waals surface area (Å²) in [5.41, 5.74) is 1.70. The second-order valence-electron chi connectivity index (χ2n) is 6.24. The van der Waals surface area contributed by atoms with Gasteiger partial charge in [-0.1, -0.05) is 32.4 Å². The van der Waals surface area contributed by atoms with Gasteiger partial charge in [0.15, 0.2) is 0 Å². The van der Waals surface area contributed by atoms with Crippen molar-refractivity contribution in [2.24, 2.45) is 5.92 Å². The van der Waals surface area contributed by atoms with Gasteiger partial charge in [-0.05, 0) is 43.4 Å². The molecule has 120 valence electrons. The number of rotatable bonds is 5. The minimum Gasteiger partial charge on any atom is -0.489 e. The molecule has 1 aliphatic rings. The standard InChI is InChI=1S/C18H26N2O2/c1-13(2)12-22-16-9-6-8-15(11-16)19-18(21)20-17-10-5-4-7-14(17)3/h6,8-9,11,14,17H,1,4-5,7,10,12H2,2-3H3,(H2,19,20,21). The van der Waals surface area contributed by atoms with Crippen LogP contribution in [-0.4, -0.2) is 18.7 Å². The molecule has 2 unspecified atom stereocenters. The molecule has 0 aliphatic heterocycles. The van der Waals surface area contributed by atoms with E-state index in [1.807, 2.05) is 31.2 Å². The van der Waals surface area contributed by atoms with E-state index in [1.165, 1.54) is 19.3 Å². The van der Waals surface area contributed by atoms with Crippen LogP contribution >= 0.6 is 0 Å². The first-order chi connectivity index (χ1) is 10.5. The number of hydrogen-bond acceptors (Lipinski definition) is 2. The number of amides is 2. The summed E-state index contributed by atoms with van der Waals surface area (Å²) in [5.74, 6) is 1.27. The number of carbonyl (C=O) groups excluding carboxylic acids is 1. The molecule has 0 aromatic heterocycles. The van der Waals surface area contributed by atoms with E-state index >= 15 is 0 Å². The van der Waals surface area contributed by atoms with Gasteiger partial charge in [0, 0.05) is 17.8 Å². The highest BCUT2D eigenvalue weighted by Gasteiger charge is 2.22. The van der Waals surface area contributed by atoms with Crippen molar-refractivity contribution in [1.82, 2.24) is 5.32 Å². The van der Waals surface area contributed by atoms with E-state index in [0.29, 0.717) is 12.5 Å². The molecule has 1 aromatic rings. The predicted molar refractivity (Wildman–Crippen MR) is 90.3 cm³/mol. The SMILES string of the molecule is C=C(C)COc1cccc(NC(=O)NC2CCCCC2C)c1. The number of benzene rings is 1. The van der Waals surface area contributed by atoms with Crippen LogP contribution in [0, 0.1) is 5.92 Å². The number of nitrogens with one attached hydrogen (secondary N) is 2. The maximum absolute atomic E-state index is 12.1. The van der Waals surface area contributed by atoms with Crippen LogP contribution in [0.3, 0.4) is 0 Å². The van der Waals surface area contributed by atoms with Crippen LogP contribution in [0.15, 0.2) is 36.4 Å². The zero-order valence-corrected chi connectivity index (χ0v) is 13.5. The molecule has 0 spiro atoms. The van der Waals surface area contributed by atoms with Gasteiger partial charge in [0.2, 0.25) is 0 Å². The van der Waals surface area contributed by atoms with E-state index in [2.05, 4.69) is 24.1 Å². The molecule has 1 saturated carbocycles. The summed E-state index contributed by atoms with van der Waals surface area (Å²) in [5, 5.41) is 5.97. The Balaban J connectivity index is 1.88. The quantitative estimate of drug-likeness (QED) is 0.795. The summed E-state index contributed by atoms with van der Waals surface area (Å²) in [6.45, 7) is 8.41. The molecule has 1 aliphatic carbocycles. The molecule has 0 heterocycles. The van der Waals surface area contributed by atoms with Crippen molar-refractivity contribution in [3.63, 3.8) is 0 Å². The van der Waals surface area contributed by atoms with Gasteiger partial charge in [-0.15, -0.1) is 0 Å². The van der Waals surface area contributed by atoms with Crippen molar-refractivity contribution in [3.8, 4) is 5.75 Å². The van der Waals surface area contributed by atoms with Gasteiger partial charge < -0.3 is 15.4 Å². The number of ether oxygens (including phenoxy) is 1. The van der Waals surface area contributed by atoms with Crippen molar-refractivity contribution >= 4 is 11.7 Å². The molecule has 22 heavy (non-hydrogen) atoms. The van der Waals surface area contributed by atoms with Gasteiger partial charge in [0.1, 0.15) is 12.4 Å². The molecule has 0 radical (unpaired) electrons. The third-order valence-corrected chi connectivity index (χ3v) is 4.01. The number of carbonyl (C=O) groups is 1. The Bertz CT molecular complexity index is 528. The summed E-state index contributed by atoms with van der Waals surface area (Å²) < 4.78 is 5.59. The average molecular weight is 302 g/mol. The van der Waals surface area contributed by atoms with Gasteiger partial charge in [-0.3, -0.25) is 0 Å². The average Bonchev–Trinajstić information content (AvgIpc) is 2.48. The smallest absolute Gasteiger partial charge is 0.319 e. The van der Waals surface area contributed by atoms with Crippen LogP contribution < -0.4 is 15.4 Å². The van der Waals surface area contributed by atoms with Crippen LogP contribution in [-0.2, 0) is 0 Å². The topological polar surface area (TPSA) is 50.4 Å². The fourth-order valence-corrected chi connectivity index (χ4v) is 2.74. The maximum atomic E-state index is 12.1. The van der Waals surface area contributed by atoms with Gasteiger partial charge in [-0.25, -0.2) is 4.79 Å². The molecular formula is C18H26N2O2. The van der Waals surface area contributed by atoms with Crippen LogP contribution in [0.4, 0.5) is 10.5 Å².